The maximum Gasteiger partial charge on any atom is 0.315 e. The van der Waals surface area contributed by atoms with Crippen LogP contribution in [0.15, 0.2) is 24.4 Å². The van der Waals surface area contributed by atoms with Gasteiger partial charge in [0.2, 0.25) is 0 Å². The van der Waals surface area contributed by atoms with Crippen molar-refractivity contribution in [1.82, 2.24) is 20.2 Å². The van der Waals surface area contributed by atoms with Crippen molar-refractivity contribution in [2.24, 2.45) is 0 Å². The second-order valence-corrected chi connectivity index (χ2v) is 6.42. The molecule has 2 aromatic heterocycles. The molecule has 0 fully saturated rings. The van der Waals surface area contributed by atoms with Crippen molar-refractivity contribution in [3.63, 3.8) is 0 Å². The van der Waals surface area contributed by atoms with Gasteiger partial charge in [0.25, 0.3) is 0 Å². The molecule has 2 amide bonds. The number of hydrogen-bond donors (Lipinski definition) is 2. The fourth-order valence-electron chi connectivity index (χ4n) is 2.28. The first-order valence-electron chi connectivity index (χ1n) is 7.28. The second-order valence-electron chi connectivity index (χ2n) is 5.33. The molecule has 0 bridgehead atoms. The second kappa shape index (κ2) is 6.84. The van der Waals surface area contributed by atoms with Gasteiger partial charge < -0.3 is 10.2 Å². The Bertz CT molecular complexity index is 716. The molecule has 0 aliphatic carbocycles. The molecular weight excluding hydrogens is 314 g/mol. The monoisotopic (exact) mass is 331 g/mol. The van der Waals surface area contributed by atoms with Crippen molar-refractivity contribution < 1.29 is 9.59 Å². The quantitative estimate of drug-likeness (QED) is 0.812. The normalized spacial score (nSPS) is 14.1. The third-order valence-corrected chi connectivity index (χ3v) is 4.50. The third-order valence-electron chi connectivity index (χ3n) is 3.51. The Balaban J connectivity index is 1.55. The van der Waals surface area contributed by atoms with Crippen molar-refractivity contribution in [1.29, 1.82) is 0 Å². The summed E-state index contributed by atoms with van der Waals surface area (Å²) in [5.41, 5.74) is 1.71. The van der Waals surface area contributed by atoms with Crippen molar-refractivity contribution >= 4 is 28.3 Å². The predicted octanol–water partition coefficient (Wildman–Crippen LogP) is 0.781. The summed E-state index contributed by atoms with van der Waals surface area (Å²) in [7, 11) is 2.05. The van der Waals surface area contributed by atoms with Gasteiger partial charge in [-0.1, -0.05) is 6.07 Å². The lowest BCUT2D eigenvalue weighted by Crippen LogP contribution is -2.35. The molecule has 0 spiro atoms. The van der Waals surface area contributed by atoms with Crippen LogP contribution in [0, 0.1) is 0 Å². The van der Waals surface area contributed by atoms with E-state index in [0.717, 1.165) is 30.1 Å². The van der Waals surface area contributed by atoms with Crippen LogP contribution >= 0.6 is 11.3 Å². The number of nitrogens with zero attached hydrogens (tertiary/aromatic N) is 3. The van der Waals surface area contributed by atoms with E-state index in [2.05, 4.69) is 25.5 Å². The zero-order chi connectivity index (χ0) is 16.2. The van der Waals surface area contributed by atoms with E-state index < -0.39 is 11.8 Å². The van der Waals surface area contributed by atoms with Gasteiger partial charge in [0.1, 0.15) is 0 Å². The van der Waals surface area contributed by atoms with Crippen molar-refractivity contribution in [3.8, 4) is 0 Å². The van der Waals surface area contributed by atoms with Gasteiger partial charge in [0.05, 0.1) is 17.9 Å². The number of hydrogen-bond acceptors (Lipinski definition) is 6. The smallest absolute Gasteiger partial charge is 0.315 e. The van der Waals surface area contributed by atoms with Gasteiger partial charge in [-0.15, -0.1) is 11.3 Å². The third kappa shape index (κ3) is 3.91. The molecule has 0 aromatic carbocycles. The zero-order valence-electron chi connectivity index (χ0n) is 12.7. The summed E-state index contributed by atoms with van der Waals surface area (Å²) in [5.74, 6) is -1.40. The van der Waals surface area contributed by atoms with Gasteiger partial charge in [-0.3, -0.25) is 19.9 Å². The van der Waals surface area contributed by atoms with E-state index in [0.29, 0.717) is 10.8 Å². The van der Waals surface area contributed by atoms with E-state index in [1.807, 2.05) is 13.1 Å². The van der Waals surface area contributed by atoms with E-state index in [-0.39, 0.29) is 6.54 Å². The average Bonchev–Trinajstić information content (AvgIpc) is 2.94. The Morgan fingerprint density at radius 3 is 3.00 bits per heavy atom. The van der Waals surface area contributed by atoms with Gasteiger partial charge in [-0.25, -0.2) is 4.98 Å². The van der Waals surface area contributed by atoms with Crippen LogP contribution in [0.1, 0.15) is 16.3 Å². The number of rotatable bonds is 3. The molecule has 0 unspecified atom stereocenters. The summed E-state index contributed by atoms with van der Waals surface area (Å²) in [4.78, 5) is 35.6. The molecule has 0 radical (unpaired) electrons. The Kier molecular flexibility index (Phi) is 4.63. The van der Waals surface area contributed by atoms with E-state index in [1.54, 1.807) is 18.3 Å². The number of fused-ring (bicyclic) bond motifs is 1. The molecule has 0 atom stereocenters. The fourth-order valence-corrected chi connectivity index (χ4v) is 3.37. The highest BCUT2D eigenvalue weighted by Gasteiger charge is 2.21. The lowest BCUT2D eigenvalue weighted by Gasteiger charge is -2.20. The van der Waals surface area contributed by atoms with Crippen LogP contribution in [-0.2, 0) is 29.1 Å². The maximum atomic E-state index is 11.9. The minimum atomic E-state index is -0.708. The topological polar surface area (TPSA) is 87.2 Å². The predicted molar refractivity (Wildman–Crippen MR) is 86.9 cm³/mol. The summed E-state index contributed by atoms with van der Waals surface area (Å²) in [5, 5.41) is 5.59. The van der Waals surface area contributed by atoms with Crippen LogP contribution in [0.5, 0.6) is 0 Å². The van der Waals surface area contributed by atoms with Crippen LogP contribution in [0.25, 0.3) is 0 Å². The number of likely N-dealkylation sites (N-methyl/N-ethyl adjacent to an activating group) is 1. The first kappa shape index (κ1) is 15.6. The fraction of sp³-hybridized carbons (Fsp3) is 0.333. The van der Waals surface area contributed by atoms with Gasteiger partial charge in [0.15, 0.2) is 5.13 Å². The molecule has 2 N–H and O–H groups in total. The van der Waals surface area contributed by atoms with Gasteiger partial charge in [-0.05, 0) is 19.2 Å². The Hall–Kier alpha value is -2.32. The molecule has 8 heteroatoms. The van der Waals surface area contributed by atoms with E-state index in [4.69, 9.17) is 0 Å². The first-order chi connectivity index (χ1) is 11.1. The molecular formula is C15H17N5O2S. The molecule has 7 nitrogen and oxygen atoms in total. The van der Waals surface area contributed by atoms with Crippen LogP contribution in [0.2, 0.25) is 0 Å². The number of nitrogens with one attached hydrogen (secondary N) is 2. The number of thiazole rings is 1. The van der Waals surface area contributed by atoms with Crippen molar-refractivity contribution in [3.05, 3.63) is 40.7 Å². The lowest BCUT2D eigenvalue weighted by atomic mass is 10.2. The summed E-state index contributed by atoms with van der Waals surface area (Å²) >= 11 is 1.42. The molecule has 3 rings (SSSR count). The molecule has 3 heterocycles. The number of anilines is 1. The summed E-state index contributed by atoms with van der Waals surface area (Å²) < 4.78 is 0. The number of carbonyl (C=O) groups is 2. The van der Waals surface area contributed by atoms with Crippen LogP contribution in [0.4, 0.5) is 5.13 Å². The molecule has 1 aliphatic heterocycles. The minimum absolute atomic E-state index is 0.215. The largest absolute Gasteiger partial charge is 0.342 e. The Morgan fingerprint density at radius 2 is 2.22 bits per heavy atom. The summed E-state index contributed by atoms with van der Waals surface area (Å²) in [6.45, 7) is 2.00. The van der Waals surface area contributed by atoms with E-state index >= 15 is 0 Å². The number of carbonyl (C=O) groups excluding carboxylic acids is 2. The number of pyridine rings is 1. The van der Waals surface area contributed by atoms with Crippen LogP contribution in [-0.4, -0.2) is 40.3 Å². The highest BCUT2D eigenvalue weighted by atomic mass is 32.1. The van der Waals surface area contributed by atoms with Gasteiger partial charge in [0, 0.05) is 30.6 Å². The molecule has 120 valence electrons. The molecule has 0 saturated heterocycles. The highest BCUT2D eigenvalue weighted by molar-refractivity contribution is 7.16. The van der Waals surface area contributed by atoms with Crippen LogP contribution < -0.4 is 10.6 Å². The Morgan fingerprint density at radius 1 is 1.35 bits per heavy atom. The first-order valence-corrected chi connectivity index (χ1v) is 8.09. The molecule has 0 saturated carbocycles. The molecule has 1 aliphatic rings. The molecule has 2 aromatic rings. The standard InChI is InChI=1S/C15H17N5O2S/c1-20-7-5-11-12(9-20)23-15(18-11)19-14(22)13(21)17-8-10-4-2-3-6-16-10/h2-4,6H,5,7-9H2,1H3,(H,17,21)(H,18,19,22). The van der Waals surface area contributed by atoms with Gasteiger partial charge in [-0.2, -0.15) is 0 Å². The minimum Gasteiger partial charge on any atom is -0.342 e. The highest BCUT2D eigenvalue weighted by Crippen LogP contribution is 2.27. The maximum absolute atomic E-state index is 11.9. The summed E-state index contributed by atoms with van der Waals surface area (Å²) in [6.07, 6.45) is 2.50. The van der Waals surface area contributed by atoms with Crippen LogP contribution in [0.3, 0.4) is 0 Å². The Labute approximate surface area is 137 Å². The lowest BCUT2D eigenvalue weighted by molar-refractivity contribution is -0.136. The zero-order valence-corrected chi connectivity index (χ0v) is 13.5. The summed E-state index contributed by atoms with van der Waals surface area (Å²) in [6, 6.07) is 5.40. The van der Waals surface area contributed by atoms with Crippen molar-refractivity contribution in [2.75, 3.05) is 18.9 Å². The van der Waals surface area contributed by atoms with Gasteiger partial charge >= 0.3 is 11.8 Å². The van der Waals surface area contributed by atoms with Crippen molar-refractivity contribution in [2.45, 2.75) is 19.5 Å². The number of amides is 2. The van der Waals surface area contributed by atoms with E-state index in [9.17, 15) is 9.59 Å². The molecule has 23 heavy (non-hydrogen) atoms. The average molecular weight is 331 g/mol. The SMILES string of the molecule is CN1CCc2nc(NC(=O)C(=O)NCc3ccccn3)sc2C1. The number of aromatic nitrogens is 2. The van der Waals surface area contributed by atoms with E-state index in [1.165, 1.54) is 11.3 Å².